The number of likely N-dealkylation sites (tertiary alicyclic amines) is 1. The van der Waals surface area contributed by atoms with E-state index in [0.717, 1.165) is 48.0 Å². The second-order valence-electron chi connectivity index (χ2n) is 6.48. The van der Waals surface area contributed by atoms with Gasteiger partial charge >= 0.3 is 0 Å². The summed E-state index contributed by atoms with van der Waals surface area (Å²) >= 11 is 0. The molecular formula is C16H25N5. The summed E-state index contributed by atoms with van der Waals surface area (Å²) in [7, 11) is 4.35. The molecule has 1 fully saturated rings. The number of anilines is 1. The molecule has 0 spiro atoms. The number of hydrogen-bond acceptors (Lipinski definition) is 4. The van der Waals surface area contributed by atoms with Gasteiger partial charge in [-0.2, -0.15) is 0 Å². The van der Waals surface area contributed by atoms with E-state index in [2.05, 4.69) is 40.8 Å². The Morgan fingerprint density at radius 3 is 2.90 bits per heavy atom. The van der Waals surface area contributed by atoms with Gasteiger partial charge in [-0.25, -0.2) is 4.98 Å². The fourth-order valence-electron chi connectivity index (χ4n) is 3.37. The van der Waals surface area contributed by atoms with Crippen LogP contribution in [-0.4, -0.2) is 59.5 Å². The van der Waals surface area contributed by atoms with Gasteiger partial charge in [0, 0.05) is 37.8 Å². The van der Waals surface area contributed by atoms with E-state index in [9.17, 15) is 0 Å². The number of H-pyrrole nitrogens is 1. The maximum absolute atomic E-state index is 5.80. The third-order valence-corrected chi connectivity index (χ3v) is 4.53. The van der Waals surface area contributed by atoms with E-state index in [-0.39, 0.29) is 0 Å². The number of nitrogens with two attached hydrogens (primary N) is 1. The average Bonchev–Trinajstić information content (AvgIpc) is 2.99. The average molecular weight is 287 g/mol. The topological polar surface area (TPSA) is 61.2 Å². The Balaban J connectivity index is 1.62. The van der Waals surface area contributed by atoms with Gasteiger partial charge in [0.1, 0.15) is 5.82 Å². The number of nitrogen functional groups attached to an aromatic ring is 1. The molecule has 2 heterocycles. The summed E-state index contributed by atoms with van der Waals surface area (Å²) < 4.78 is 0. The third-order valence-electron chi connectivity index (χ3n) is 4.53. The Labute approximate surface area is 126 Å². The smallest absolute Gasteiger partial charge is 0.108 e. The van der Waals surface area contributed by atoms with Crippen molar-refractivity contribution in [3.63, 3.8) is 0 Å². The molecule has 21 heavy (non-hydrogen) atoms. The molecule has 0 amide bonds. The van der Waals surface area contributed by atoms with Gasteiger partial charge < -0.3 is 20.5 Å². The van der Waals surface area contributed by atoms with Crippen LogP contribution < -0.4 is 5.73 Å². The van der Waals surface area contributed by atoms with Crippen LogP contribution in [0, 0.1) is 5.92 Å². The van der Waals surface area contributed by atoms with Gasteiger partial charge in [-0.15, -0.1) is 0 Å². The number of imidazole rings is 1. The number of likely N-dealkylation sites (N-methyl/N-ethyl adjacent to an activating group) is 1. The standard InChI is InChI=1S/C16H25N5/c1-11-9-21(10-15(11)20(2)3)7-6-16-18-13-5-4-12(17)8-14(13)19-16/h4-5,8,11,15H,6-7,9-10,17H2,1-3H3,(H,18,19). The molecule has 1 aromatic carbocycles. The lowest BCUT2D eigenvalue weighted by molar-refractivity contribution is 0.252. The van der Waals surface area contributed by atoms with E-state index in [1.165, 1.54) is 6.54 Å². The van der Waals surface area contributed by atoms with Crippen molar-refractivity contribution >= 4 is 16.7 Å². The van der Waals surface area contributed by atoms with Crippen LogP contribution in [0.25, 0.3) is 11.0 Å². The highest BCUT2D eigenvalue weighted by Crippen LogP contribution is 2.20. The van der Waals surface area contributed by atoms with Crippen LogP contribution in [-0.2, 0) is 6.42 Å². The maximum Gasteiger partial charge on any atom is 0.108 e. The molecule has 2 unspecified atom stereocenters. The van der Waals surface area contributed by atoms with Crippen LogP contribution in [0.1, 0.15) is 12.7 Å². The van der Waals surface area contributed by atoms with Crippen LogP contribution in [0.3, 0.4) is 0 Å². The van der Waals surface area contributed by atoms with Crippen molar-refractivity contribution in [2.24, 2.45) is 5.92 Å². The second-order valence-corrected chi connectivity index (χ2v) is 6.48. The summed E-state index contributed by atoms with van der Waals surface area (Å²) in [6, 6.07) is 6.49. The lowest BCUT2D eigenvalue weighted by Crippen LogP contribution is -2.34. The lowest BCUT2D eigenvalue weighted by Gasteiger charge is -2.22. The van der Waals surface area contributed by atoms with Crippen LogP contribution in [0.2, 0.25) is 0 Å². The van der Waals surface area contributed by atoms with Crippen molar-refractivity contribution in [3.8, 4) is 0 Å². The number of hydrogen-bond donors (Lipinski definition) is 2. The molecule has 1 aliphatic rings. The van der Waals surface area contributed by atoms with Crippen LogP contribution in [0.15, 0.2) is 18.2 Å². The minimum Gasteiger partial charge on any atom is -0.399 e. The number of benzene rings is 1. The van der Waals surface area contributed by atoms with Crippen molar-refractivity contribution in [2.75, 3.05) is 39.5 Å². The lowest BCUT2D eigenvalue weighted by atomic mass is 10.1. The molecule has 0 radical (unpaired) electrons. The van der Waals surface area contributed by atoms with E-state index in [0.29, 0.717) is 6.04 Å². The minimum absolute atomic E-state index is 0.667. The van der Waals surface area contributed by atoms with Gasteiger partial charge in [0.15, 0.2) is 0 Å². The Hall–Kier alpha value is -1.59. The molecule has 0 bridgehead atoms. The van der Waals surface area contributed by atoms with E-state index >= 15 is 0 Å². The highest BCUT2D eigenvalue weighted by atomic mass is 15.2. The number of rotatable bonds is 4. The Morgan fingerprint density at radius 2 is 2.19 bits per heavy atom. The summed E-state index contributed by atoms with van der Waals surface area (Å²) in [5.74, 6) is 1.78. The normalized spacial score (nSPS) is 23.4. The molecule has 0 aliphatic carbocycles. The van der Waals surface area contributed by atoms with Crippen LogP contribution >= 0.6 is 0 Å². The van der Waals surface area contributed by atoms with Gasteiger partial charge in [0.25, 0.3) is 0 Å². The van der Waals surface area contributed by atoms with E-state index in [4.69, 9.17) is 5.73 Å². The molecule has 5 heteroatoms. The number of fused-ring (bicyclic) bond motifs is 1. The summed E-state index contributed by atoms with van der Waals surface area (Å²) in [6.45, 7) is 5.73. The number of nitrogens with one attached hydrogen (secondary N) is 1. The summed E-state index contributed by atoms with van der Waals surface area (Å²) in [6.07, 6.45) is 0.960. The van der Waals surface area contributed by atoms with E-state index < -0.39 is 0 Å². The Bertz CT molecular complexity index is 618. The molecule has 114 valence electrons. The molecule has 1 saturated heterocycles. The van der Waals surface area contributed by atoms with Crippen molar-refractivity contribution in [3.05, 3.63) is 24.0 Å². The zero-order valence-corrected chi connectivity index (χ0v) is 13.1. The second kappa shape index (κ2) is 5.66. The highest BCUT2D eigenvalue weighted by molar-refractivity contribution is 5.78. The predicted octanol–water partition coefficient (Wildman–Crippen LogP) is 1.57. The summed E-state index contributed by atoms with van der Waals surface area (Å²) in [4.78, 5) is 12.9. The van der Waals surface area contributed by atoms with E-state index in [1.54, 1.807) is 0 Å². The predicted molar refractivity (Wildman–Crippen MR) is 87.3 cm³/mol. The number of aromatic nitrogens is 2. The van der Waals surface area contributed by atoms with Gasteiger partial charge in [-0.1, -0.05) is 6.92 Å². The van der Waals surface area contributed by atoms with Gasteiger partial charge in [-0.3, -0.25) is 0 Å². The minimum atomic E-state index is 0.667. The van der Waals surface area contributed by atoms with Crippen molar-refractivity contribution in [2.45, 2.75) is 19.4 Å². The molecule has 0 saturated carbocycles. The number of aromatic amines is 1. The fourth-order valence-corrected chi connectivity index (χ4v) is 3.37. The molecule has 1 aromatic heterocycles. The van der Waals surface area contributed by atoms with Crippen LogP contribution in [0.5, 0.6) is 0 Å². The zero-order chi connectivity index (χ0) is 15.0. The van der Waals surface area contributed by atoms with Gasteiger partial charge in [-0.05, 0) is 38.2 Å². The van der Waals surface area contributed by atoms with Crippen molar-refractivity contribution < 1.29 is 0 Å². The first-order chi connectivity index (χ1) is 10.0. The summed E-state index contributed by atoms with van der Waals surface area (Å²) in [5, 5.41) is 0. The van der Waals surface area contributed by atoms with Gasteiger partial charge in [0.2, 0.25) is 0 Å². The van der Waals surface area contributed by atoms with Crippen LogP contribution in [0.4, 0.5) is 5.69 Å². The molecule has 3 rings (SSSR count). The first-order valence-corrected chi connectivity index (χ1v) is 7.66. The molecule has 2 aromatic rings. The first-order valence-electron chi connectivity index (χ1n) is 7.66. The van der Waals surface area contributed by atoms with E-state index in [1.807, 2.05) is 18.2 Å². The maximum atomic E-state index is 5.80. The molecule has 3 N–H and O–H groups in total. The molecule has 1 aliphatic heterocycles. The highest BCUT2D eigenvalue weighted by Gasteiger charge is 2.30. The number of nitrogens with zero attached hydrogens (tertiary/aromatic N) is 3. The molecule has 5 nitrogen and oxygen atoms in total. The third kappa shape index (κ3) is 3.04. The summed E-state index contributed by atoms with van der Waals surface area (Å²) in [5.41, 5.74) is 8.62. The Morgan fingerprint density at radius 1 is 1.38 bits per heavy atom. The van der Waals surface area contributed by atoms with Crippen molar-refractivity contribution in [1.82, 2.24) is 19.8 Å². The Kier molecular flexibility index (Phi) is 3.87. The van der Waals surface area contributed by atoms with Crippen molar-refractivity contribution in [1.29, 1.82) is 0 Å². The zero-order valence-electron chi connectivity index (χ0n) is 13.1. The monoisotopic (exact) mass is 287 g/mol. The molecular weight excluding hydrogens is 262 g/mol. The fraction of sp³-hybridized carbons (Fsp3) is 0.562. The molecule has 2 atom stereocenters. The first kappa shape index (κ1) is 14.4. The van der Waals surface area contributed by atoms with Gasteiger partial charge in [0.05, 0.1) is 11.0 Å². The quantitative estimate of drug-likeness (QED) is 0.838. The SMILES string of the molecule is CC1CN(CCc2nc3ccc(N)cc3[nH]2)CC1N(C)C. The largest absolute Gasteiger partial charge is 0.399 e.